The minimum Gasteiger partial charge on any atom is -0.474 e. The maximum Gasteiger partial charge on any atom is 0.241 e. The number of benzene rings is 5. The monoisotopic (exact) mass is 1790 g/mol. The van der Waals surface area contributed by atoms with E-state index in [9.17, 15) is 0 Å². The zero-order chi connectivity index (χ0) is 90.1. The minimum absolute atomic E-state index is 0.0548. The van der Waals surface area contributed by atoms with Gasteiger partial charge in [-0.3, -0.25) is 73.3 Å². The molecule has 35 nitrogen and oxygen atoms in total. The molecule has 10 aromatic heterocycles. The van der Waals surface area contributed by atoms with Gasteiger partial charge in [-0.25, -0.2) is 0 Å². The molecule has 2 unspecified atom stereocenters. The van der Waals surface area contributed by atoms with E-state index in [-0.39, 0.29) is 12.2 Å². The van der Waals surface area contributed by atoms with Gasteiger partial charge in [0.1, 0.15) is 73.1 Å². The summed E-state index contributed by atoms with van der Waals surface area (Å²) in [7, 11) is 11.3. The highest BCUT2D eigenvalue weighted by molar-refractivity contribution is 6.14. The second kappa shape index (κ2) is 39.6. The molecule has 680 valence electrons. The summed E-state index contributed by atoms with van der Waals surface area (Å²) in [6, 6.07) is 50.5. The molecule has 17 heterocycles. The molecule has 35 heteroatoms. The first-order valence-electron chi connectivity index (χ1n) is 45.1. The van der Waals surface area contributed by atoms with E-state index < -0.39 is 0 Å². The van der Waals surface area contributed by atoms with Gasteiger partial charge in [0.2, 0.25) is 29.4 Å². The Balaban J connectivity index is 0.000000103. The Bertz CT molecular complexity index is 6600. The van der Waals surface area contributed by atoms with Crippen LogP contribution in [-0.2, 0) is 91.6 Å². The SMILES string of the molecule is COCCOc1nn(C)c2cc(NC3=NCc4ncccc43)ccc12.Cn1nc(OC2CCCC2)c2ccc(NC3=NCc4cccnc43)cc21.Cn1nc(OC2CCCC2)c2ccc(NC3=NCc4ncccc43)cc21.Cn1nc(OCC2COCCO2)c2ccc(NC3=NCc4cccnc43)cc21.Cn1nc(OCC2COCCO2)c2ccc(NC3=NCc4ncccc43)cc21. The van der Waals surface area contributed by atoms with Crippen LogP contribution in [0.1, 0.15) is 108 Å². The van der Waals surface area contributed by atoms with Gasteiger partial charge in [-0.2, -0.15) is 0 Å². The number of aryl methyl sites for hydroxylation is 5. The average molecular weight is 1790 g/mol. The number of aliphatic imine (C=N–C) groups is 5. The number of methoxy groups -OCH3 is 1. The number of hydrogen-bond acceptors (Lipinski definition) is 30. The van der Waals surface area contributed by atoms with Crippen LogP contribution >= 0.6 is 0 Å². The summed E-state index contributed by atoms with van der Waals surface area (Å²) in [5, 5.41) is 44.6. The molecule has 7 aliphatic heterocycles. The Labute approximate surface area is 766 Å². The first kappa shape index (κ1) is 86.4. The molecule has 5 aromatic carbocycles. The van der Waals surface area contributed by atoms with Gasteiger partial charge in [-0.15, -0.1) is 25.5 Å². The molecule has 0 amide bonds. The molecule has 2 atom stereocenters. The number of nitrogens with zero attached hydrogens (tertiary/aromatic N) is 20. The molecule has 2 saturated carbocycles. The van der Waals surface area contributed by atoms with Crippen LogP contribution in [0.3, 0.4) is 0 Å². The Hall–Kier alpha value is -14.7. The molecule has 5 N–H and O–H groups in total. The first-order valence-corrected chi connectivity index (χ1v) is 45.1. The standard InChI is InChI=1S/2C20H21N5O3.2C20H21N5O.C18H19N5O2/c1-25-18-9-13(23-19-15-3-2-6-21-17(15)10-22-19)4-5-16(18)20(24-25)28-12-14-11-26-7-8-27-14;1-25-17-9-14(23-19-18-13(10-22-19)3-2-6-21-18)4-5-16(17)20(24-25)28-12-15-11-26-7-8-27-15;1-25-17-11-14(23-19-18-13(12-22-19)5-4-10-21-18)8-9-16(17)20(24-25)26-15-6-2-3-7-15;1-25-18-11-13(23-19-15-7-4-10-21-17(15)12-22-19)8-9-16(18)20(24-25)26-14-5-2-3-6-14;1-23-16-10-12(5-6-14(16)18(22-23)25-9-8-24-2)21-17-13-4-3-7-19-15(13)11-20-17/h2-6,9,14H,7-8,10-12H2,1H3,(H,22,23);2-6,9,15H,7-8,10-12H2,1H3,(H,22,23);4-5,8-11,15H,2-3,6-7,12H2,1H3,(H,22,23);4,7-11,14H,2-3,5-6,12H2,1H3,(H,22,23);3-7,10H,8-9,11H2,1-2H3,(H,20,21). The molecule has 133 heavy (non-hydrogen) atoms. The molecule has 4 fully saturated rings. The third kappa shape index (κ3) is 19.4. The highest BCUT2D eigenvalue weighted by Gasteiger charge is 2.29. The number of rotatable bonds is 19. The van der Waals surface area contributed by atoms with E-state index in [2.05, 4.69) is 157 Å². The van der Waals surface area contributed by atoms with Gasteiger partial charge < -0.3 is 74.0 Å². The number of nitrogens with one attached hydrogen (secondary N) is 5. The molecular formula is C98H103N25O10. The molecule has 0 spiro atoms. The van der Waals surface area contributed by atoms with Crippen molar-refractivity contribution in [2.45, 2.75) is 109 Å². The van der Waals surface area contributed by atoms with Gasteiger partial charge in [0, 0.05) is 130 Å². The summed E-state index contributed by atoms with van der Waals surface area (Å²) in [6.07, 6.45) is 19.0. The quantitative estimate of drug-likeness (QED) is 0.0469. The summed E-state index contributed by atoms with van der Waals surface area (Å²) in [5.41, 5.74) is 20.2. The van der Waals surface area contributed by atoms with Gasteiger partial charge in [0.25, 0.3) is 0 Å². The number of aromatic nitrogens is 15. The third-order valence-corrected chi connectivity index (χ3v) is 24.3. The smallest absolute Gasteiger partial charge is 0.241 e. The largest absolute Gasteiger partial charge is 0.474 e. The van der Waals surface area contributed by atoms with Crippen LogP contribution in [-0.4, -0.2) is 201 Å². The molecule has 9 aliphatic rings. The van der Waals surface area contributed by atoms with Crippen LogP contribution in [0.15, 0.2) is 208 Å². The van der Waals surface area contributed by atoms with Crippen molar-refractivity contribution in [1.82, 2.24) is 73.8 Å². The van der Waals surface area contributed by atoms with Crippen LogP contribution in [0.5, 0.6) is 29.4 Å². The number of fused-ring (bicyclic) bond motifs is 10. The number of anilines is 5. The Morgan fingerprint density at radius 1 is 0.338 bits per heavy atom. The highest BCUT2D eigenvalue weighted by atomic mass is 16.6. The Morgan fingerprint density at radius 2 is 0.654 bits per heavy atom. The van der Waals surface area contributed by atoms with Crippen molar-refractivity contribution >= 4 is 112 Å². The number of pyridine rings is 5. The van der Waals surface area contributed by atoms with Crippen LogP contribution in [0, 0.1) is 0 Å². The number of amidine groups is 5. The second-order valence-corrected chi connectivity index (χ2v) is 33.4. The lowest BCUT2D eigenvalue weighted by Crippen LogP contribution is -2.33. The van der Waals surface area contributed by atoms with Gasteiger partial charge in [-0.1, -0.05) is 12.1 Å². The van der Waals surface area contributed by atoms with Crippen LogP contribution in [0.2, 0.25) is 0 Å². The van der Waals surface area contributed by atoms with E-state index in [0.717, 1.165) is 206 Å². The fraction of sp³-hybridized carbons (Fsp3) is 0.337. The van der Waals surface area contributed by atoms with E-state index in [0.29, 0.717) is 129 Å². The summed E-state index contributed by atoms with van der Waals surface area (Å²) >= 11 is 0. The van der Waals surface area contributed by atoms with Crippen molar-refractivity contribution in [2.75, 3.05) is 99.8 Å². The third-order valence-electron chi connectivity index (χ3n) is 24.3. The van der Waals surface area contributed by atoms with Gasteiger partial charge in [0.15, 0.2) is 11.7 Å². The Kier molecular flexibility index (Phi) is 25.7. The van der Waals surface area contributed by atoms with Crippen molar-refractivity contribution in [3.63, 3.8) is 0 Å². The van der Waals surface area contributed by atoms with Crippen molar-refractivity contribution < 1.29 is 47.4 Å². The summed E-state index contributed by atoms with van der Waals surface area (Å²) < 4.78 is 66.1. The van der Waals surface area contributed by atoms with E-state index in [1.165, 1.54) is 25.7 Å². The lowest BCUT2D eigenvalue weighted by molar-refractivity contribution is -0.101. The molecule has 2 saturated heterocycles. The van der Waals surface area contributed by atoms with Crippen LogP contribution < -0.4 is 50.3 Å². The normalized spacial score (nSPS) is 16.9. The van der Waals surface area contributed by atoms with Crippen LogP contribution in [0.4, 0.5) is 28.4 Å². The maximum atomic E-state index is 6.14. The average Bonchev–Trinajstić information content (AvgIpc) is 1.64. The first-order chi connectivity index (χ1) is 65.4. The summed E-state index contributed by atoms with van der Waals surface area (Å²) in [4.78, 5) is 44.8. The van der Waals surface area contributed by atoms with E-state index in [4.69, 9.17) is 47.4 Å². The molecule has 24 rings (SSSR count). The van der Waals surface area contributed by atoms with Crippen molar-refractivity contribution in [3.8, 4) is 29.4 Å². The van der Waals surface area contributed by atoms with Crippen LogP contribution in [0.25, 0.3) is 54.5 Å². The predicted octanol–water partition coefficient (Wildman–Crippen LogP) is 14.0. The van der Waals surface area contributed by atoms with Gasteiger partial charge >= 0.3 is 0 Å². The van der Waals surface area contributed by atoms with Crippen molar-refractivity contribution in [1.29, 1.82) is 0 Å². The van der Waals surface area contributed by atoms with E-state index in [1.807, 2.05) is 162 Å². The van der Waals surface area contributed by atoms with E-state index in [1.54, 1.807) is 31.9 Å². The fourth-order valence-corrected chi connectivity index (χ4v) is 17.5. The lowest BCUT2D eigenvalue weighted by Gasteiger charge is -2.22. The van der Waals surface area contributed by atoms with Gasteiger partial charge in [0.05, 0.1) is 151 Å². The highest BCUT2D eigenvalue weighted by Crippen LogP contribution is 2.37. The Morgan fingerprint density at radius 3 is 1.00 bits per heavy atom. The number of ether oxygens (including phenoxy) is 10. The second-order valence-electron chi connectivity index (χ2n) is 33.4. The van der Waals surface area contributed by atoms with Gasteiger partial charge in [-0.05, 0) is 191 Å². The zero-order valence-corrected chi connectivity index (χ0v) is 74.9. The molecule has 0 radical (unpaired) electrons. The summed E-state index contributed by atoms with van der Waals surface area (Å²) in [5.74, 6) is 7.49. The molecule has 2 aliphatic carbocycles. The summed E-state index contributed by atoms with van der Waals surface area (Å²) in [6.45, 7) is 8.65. The zero-order valence-electron chi connectivity index (χ0n) is 74.9. The molecule has 0 bridgehead atoms. The maximum absolute atomic E-state index is 6.14. The van der Waals surface area contributed by atoms with Crippen molar-refractivity contribution in [2.24, 2.45) is 60.2 Å². The number of hydrogen-bond donors (Lipinski definition) is 5. The molecular weight excluding hydrogens is 1690 g/mol. The lowest BCUT2D eigenvalue weighted by atomic mass is 10.2. The topological polar surface area (TPSA) is 368 Å². The fourth-order valence-electron chi connectivity index (χ4n) is 17.5. The minimum atomic E-state index is -0.0558. The predicted molar refractivity (Wildman–Crippen MR) is 509 cm³/mol. The van der Waals surface area contributed by atoms with Crippen molar-refractivity contribution in [3.05, 3.63) is 239 Å². The van der Waals surface area contributed by atoms with E-state index >= 15 is 0 Å². The molecule has 15 aromatic rings.